The molecule has 21 heavy (non-hydrogen) atoms. The van der Waals surface area contributed by atoms with Gasteiger partial charge in [0.25, 0.3) is 0 Å². The molecule has 0 aliphatic rings. The van der Waals surface area contributed by atoms with Gasteiger partial charge in [0.15, 0.2) is 4.80 Å². The minimum atomic E-state index is -0.368. The van der Waals surface area contributed by atoms with Crippen LogP contribution in [0.5, 0.6) is 0 Å². The average Bonchev–Trinajstić information content (AvgIpc) is 2.74. The van der Waals surface area contributed by atoms with Gasteiger partial charge in [0.1, 0.15) is 6.54 Å². The van der Waals surface area contributed by atoms with Gasteiger partial charge in [-0.15, -0.1) is 0 Å². The Balaban J connectivity index is 2.66. The zero-order valence-corrected chi connectivity index (χ0v) is 13.4. The van der Waals surface area contributed by atoms with Crippen LogP contribution in [0.2, 0.25) is 0 Å². The molecule has 1 heterocycles. The van der Waals surface area contributed by atoms with Gasteiger partial charge in [0.05, 0.1) is 17.3 Å². The van der Waals surface area contributed by atoms with Crippen LogP contribution in [0.15, 0.2) is 23.2 Å². The number of fused-ring (bicyclic) bond motifs is 1. The Bertz CT molecular complexity index is 756. The highest BCUT2D eigenvalue weighted by Crippen LogP contribution is 2.23. The van der Waals surface area contributed by atoms with Crippen molar-refractivity contribution in [1.29, 1.82) is 0 Å². The van der Waals surface area contributed by atoms with E-state index in [1.165, 1.54) is 30.9 Å². The van der Waals surface area contributed by atoms with E-state index in [0.717, 1.165) is 10.2 Å². The number of amides is 1. The third-order valence-electron chi connectivity index (χ3n) is 3.14. The second-order valence-corrected chi connectivity index (χ2v) is 6.07. The summed E-state index contributed by atoms with van der Waals surface area (Å²) in [5, 5.41) is 0. The van der Waals surface area contributed by atoms with Crippen molar-refractivity contribution < 1.29 is 14.3 Å². The molecule has 0 radical (unpaired) electrons. The molecule has 5 nitrogen and oxygen atoms in total. The van der Waals surface area contributed by atoms with Crippen molar-refractivity contribution in [2.45, 2.75) is 33.2 Å². The molecule has 2 aromatic rings. The molecule has 1 amide bonds. The molecule has 0 spiro atoms. The van der Waals surface area contributed by atoms with Gasteiger partial charge < -0.3 is 9.30 Å². The Morgan fingerprint density at radius 1 is 1.38 bits per heavy atom. The van der Waals surface area contributed by atoms with E-state index in [4.69, 9.17) is 4.74 Å². The van der Waals surface area contributed by atoms with E-state index < -0.39 is 0 Å². The molecule has 0 saturated carbocycles. The van der Waals surface area contributed by atoms with E-state index in [1.807, 2.05) is 12.1 Å². The Labute approximate surface area is 126 Å². The lowest BCUT2D eigenvalue weighted by molar-refractivity contribution is -0.141. The summed E-state index contributed by atoms with van der Waals surface area (Å²) in [6.07, 6.45) is 0. The Kier molecular flexibility index (Phi) is 4.57. The molecule has 2 rings (SSSR count). The molecule has 6 heteroatoms. The molecule has 1 aromatic heterocycles. The number of esters is 1. The van der Waals surface area contributed by atoms with Crippen molar-refractivity contribution in [3.8, 4) is 0 Å². The highest BCUT2D eigenvalue weighted by Gasteiger charge is 2.12. The van der Waals surface area contributed by atoms with Crippen molar-refractivity contribution in [2.75, 3.05) is 7.11 Å². The van der Waals surface area contributed by atoms with E-state index in [1.54, 1.807) is 4.57 Å². The fourth-order valence-corrected chi connectivity index (χ4v) is 3.14. The zero-order chi connectivity index (χ0) is 15.6. The highest BCUT2D eigenvalue weighted by molar-refractivity contribution is 7.16. The molecule has 0 N–H and O–H groups in total. The van der Waals surface area contributed by atoms with Gasteiger partial charge in [-0.3, -0.25) is 9.59 Å². The first-order chi connectivity index (χ1) is 9.92. The highest BCUT2D eigenvalue weighted by atomic mass is 32.1. The first-order valence-corrected chi connectivity index (χ1v) is 7.49. The third kappa shape index (κ3) is 3.39. The van der Waals surface area contributed by atoms with Crippen molar-refractivity contribution in [3.05, 3.63) is 28.6 Å². The van der Waals surface area contributed by atoms with Crippen LogP contribution in [-0.4, -0.2) is 23.6 Å². The quantitative estimate of drug-likeness (QED) is 0.818. The zero-order valence-electron chi connectivity index (χ0n) is 12.5. The summed E-state index contributed by atoms with van der Waals surface area (Å²) in [5.41, 5.74) is 2.10. The first kappa shape index (κ1) is 15.4. The summed E-state index contributed by atoms with van der Waals surface area (Å²) < 4.78 is 7.44. The van der Waals surface area contributed by atoms with Crippen LogP contribution in [-0.2, 0) is 20.9 Å². The number of rotatable bonds is 3. The van der Waals surface area contributed by atoms with Gasteiger partial charge in [-0.2, -0.15) is 4.99 Å². The van der Waals surface area contributed by atoms with Crippen LogP contribution in [0, 0.1) is 0 Å². The summed E-state index contributed by atoms with van der Waals surface area (Å²) in [6, 6.07) is 6.08. The Morgan fingerprint density at radius 3 is 2.67 bits per heavy atom. The maximum absolute atomic E-state index is 11.6. The van der Waals surface area contributed by atoms with Crippen LogP contribution in [0.25, 0.3) is 10.2 Å². The smallest absolute Gasteiger partial charge is 0.325 e. The van der Waals surface area contributed by atoms with Gasteiger partial charge in [0, 0.05) is 6.92 Å². The van der Waals surface area contributed by atoms with Crippen molar-refractivity contribution in [3.63, 3.8) is 0 Å². The average molecular weight is 306 g/mol. The number of hydrogen-bond donors (Lipinski definition) is 0. The van der Waals surface area contributed by atoms with Gasteiger partial charge >= 0.3 is 5.97 Å². The van der Waals surface area contributed by atoms with Crippen molar-refractivity contribution in [1.82, 2.24) is 4.57 Å². The lowest BCUT2D eigenvalue weighted by Gasteiger charge is -2.06. The molecule has 0 aliphatic heterocycles. The summed E-state index contributed by atoms with van der Waals surface area (Å²) >= 11 is 1.40. The number of thiazole rings is 1. The minimum absolute atomic E-state index is 0.0453. The van der Waals surface area contributed by atoms with Gasteiger partial charge in [-0.25, -0.2) is 0 Å². The van der Waals surface area contributed by atoms with E-state index in [2.05, 4.69) is 24.9 Å². The summed E-state index contributed by atoms with van der Waals surface area (Å²) in [4.78, 5) is 27.4. The van der Waals surface area contributed by atoms with Crippen LogP contribution in [0.3, 0.4) is 0 Å². The number of benzene rings is 1. The summed E-state index contributed by atoms with van der Waals surface area (Å²) in [6.45, 7) is 5.69. The fraction of sp³-hybridized carbons (Fsp3) is 0.400. The first-order valence-electron chi connectivity index (χ1n) is 6.67. The molecule has 0 unspecified atom stereocenters. The normalized spacial score (nSPS) is 12.1. The number of methoxy groups -OCH3 is 1. The maximum atomic E-state index is 11.6. The van der Waals surface area contributed by atoms with E-state index in [9.17, 15) is 9.59 Å². The summed E-state index contributed by atoms with van der Waals surface area (Å²) in [7, 11) is 1.34. The minimum Gasteiger partial charge on any atom is -0.468 e. The standard InChI is InChI=1S/C15H18N2O3S/c1-9(2)11-5-6-12-13(7-11)21-15(16-10(3)18)17(12)8-14(19)20-4/h5-7,9H,8H2,1-4H3. The number of ether oxygens (including phenoxy) is 1. The number of hydrogen-bond acceptors (Lipinski definition) is 4. The number of nitrogens with zero attached hydrogens (tertiary/aromatic N) is 2. The maximum Gasteiger partial charge on any atom is 0.325 e. The monoisotopic (exact) mass is 306 g/mol. The fourth-order valence-electron chi connectivity index (χ4n) is 2.02. The van der Waals surface area contributed by atoms with Crippen LogP contribution in [0.1, 0.15) is 32.3 Å². The van der Waals surface area contributed by atoms with Gasteiger partial charge in [0.2, 0.25) is 5.91 Å². The van der Waals surface area contributed by atoms with Crippen molar-refractivity contribution in [2.24, 2.45) is 4.99 Å². The van der Waals surface area contributed by atoms with Crippen molar-refractivity contribution >= 4 is 33.4 Å². The van der Waals surface area contributed by atoms with E-state index >= 15 is 0 Å². The van der Waals surface area contributed by atoms with Gasteiger partial charge in [-0.1, -0.05) is 31.3 Å². The summed E-state index contributed by atoms with van der Waals surface area (Å²) in [5.74, 6) is -0.240. The molecule has 0 bridgehead atoms. The lowest BCUT2D eigenvalue weighted by Crippen LogP contribution is -2.22. The predicted molar refractivity (Wildman–Crippen MR) is 82.2 cm³/mol. The van der Waals surface area contributed by atoms with E-state index in [-0.39, 0.29) is 18.4 Å². The lowest BCUT2D eigenvalue weighted by atomic mass is 10.0. The number of carbonyl (C=O) groups excluding carboxylic acids is 2. The molecular formula is C15H18N2O3S. The topological polar surface area (TPSA) is 60.7 Å². The molecule has 0 atom stereocenters. The van der Waals surface area contributed by atoms with Crippen LogP contribution < -0.4 is 4.80 Å². The van der Waals surface area contributed by atoms with Gasteiger partial charge in [-0.05, 0) is 23.6 Å². The van der Waals surface area contributed by atoms with Crippen LogP contribution >= 0.6 is 11.3 Å². The SMILES string of the molecule is COC(=O)Cn1c(=NC(C)=O)sc2cc(C(C)C)ccc21. The predicted octanol–water partition coefficient (Wildman–Crippen LogP) is 2.45. The molecule has 0 saturated heterocycles. The Hall–Kier alpha value is -1.95. The molecular weight excluding hydrogens is 288 g/mol. The third-order valence-corrected chi connectivity index (χ3v) is 4.18. The number of carbonyl (C=O) groups is 2. The molecule has 0 aliphatic carbocycles. The second kappa shape index (κ2) is 6.22. The van der Waals surface area contributed by atoms with Crippen LogP contribution in [0.4, 0.5) is 0 Å². The number of aromatic nitrogens is 1. The molecule has 1 aromatic carbocycles. The Morgan fingerprint density at radius 2 is 2.10 bits per heavy atom. The molecule has 112 valence electrons. The largest absolute Gasteiger partial charge is 0.468 e. The molecule has 0 fully saturated rings. The second-order valence-electron chi connectivity index (χ2n) is 5.06. The van der Waals surface area contributed by atoms with E-state index in [0.29, 0.717) is 10.7 Å².